The van der Waals surface area contributed by atoms with E-state index in [1.807, 2.05) is 19.1 Å². The van der Waals surface area contributed by atoms with Gasteiger partial charge in [0.15, 0.2) is 0 Å². The molecule has 0 aromatic heterocycles. The lowest BCUT2D eigenvalue weighted by Gasteiger charge is -2.18. The van der Waals surface area contributed by atoms with E-state index in [-0.39, 0.29) is 64.7 Å². The molecular formula is C29H26O7S. The number of benzene rings is 4. The van der Waals surface area contributed by atoms with Crippen molar-refractivity contribution in [3.63, 3.8) is 0 Å². The van der Waals surface area contributed by atoms with Gasteiger partial charge >= 0.3 is 0 Å². The van der Waals surface area contributed by atoms with Gasteiger partial charge in [-0.05, 0) is 52.4 Å². The largest absolute Gasteiger partial charge is 0.507 e. The maximum absolute atomic E-state index is 12.1. The number of phenols is 4. The molecular weight excluding hydrogens is 492 g/mol. The monoisotopic (exact) mass is 518 g/mol. The average molecular weight is 519 g/mol. The third-order valence-corrected chi connectivity index (χ3v) is 7.71. The average Bonchev–Trinajstić information content (AvgIpc) is 2.83. The summed E-state index contributed by atoms with van der Waals surface area (Å²) in [7, 11) is -4.60. The Balaban J connectivity index is 1.79. The van der Waals surface area contributed by atoms with Crippen LogP contribution in [-0.4, -0.2) is 33.4 Å². The van der Waals surface area contributed by atoms with E-state index in [2.05, 4.69) is 0 Å². The zero-order valence-electron chi connectivity index (χ0n) is 20.1. The normalized spacial score (nSPS) is 13.4. The number of aryl methyl sites for hydroxylation is 1. The molecule has 8 heteroatoms. The topological polar surface area (TPSA) is 135 Å². The highest BCUT2D eigenvalue weighted by atomic mass is 32.2. The molecule has 0 spiro atoms. The van der Waals surface area contributed by atoms with E-state index in [1.165, 1.54) is 12.1 Å². The Kier molecular flexibility index (Phi) is 6.09. The quantitative estimate of drug-likeness (QED) is 0.202. The molecule has 0 radical (unpaired) electrons. The fourth-order valence-corrected chi connectivity index (χ4v) is 5.61. The number of hydrogen-bond donors (Lipinski definition) is 5. The fourth-order valence-electron chi connectivity index (χ4n) is 5.03. The van der Waals surface area contributed by atoms with Gasteiger partial charge in [-0.25, -0.2) is 0 Å². The van der Waals surface area contributed by atoms with Crippen LogP contribution in [0.2, 0.25) is 0 Å². The predicted octanol–water partition coefficient (Wildman–Crippen LogP) is 4.74. The molecule has 0 aliphatic heterocycles. The Morgan fingerprint density at radius 1 is 0.541 bits per heavy atom. The summed E-state index contributed by atoms with van der Waals surface area (Å²) in [6.45, 7) is 1.86. The molecule has 1 aliphatic rings. The smallest absolute Gasteiger partial charge is 0.294 e. The molecule has 1 aliphatic carbocycles. The molecule has 5 N–H and O–H groups in total. The van der Waals surface area contributed by atoms with Crippen LogP contribution in [0.1, 0.15) is 50.1 Å². The molecule has 0 fully saturated rings. The summed E-state index contributed by atoms with van der Waals surface area (Å²) in [4.78, 5) is -0.390. The van der Waals surface area contributed by atoms with Crippen LogP contribution in [0.3, 0.4) is 0 Å². The van der Waals surface area contributed by atoms with E-state index < -0.39 is 10.1 Å². The molecule has 0 atom stereocenters. The number of aromatic hydroxyl groups is 4. The highest BCUT2D eigenvalue weighted by molar-refractivity contribution is 7.85. The van der Waals surface area contributed by atoms with Crippen molar-refractivity contribution in [3.05, 3.63) is 111 Å². The highest BCUT2D eigenvalue weighted by Crippen LogP contribution is 2.38. The van der Waals surface area contributed by atoms with Crippen molar-refractivity contribution in [2.75, 3.05) is 0 Å². The van der Waals surface area contributed by atoms with Crippen molar-refractivity contribution in [1.29, 1.82) is 0 Å². The number of hydrogen-bond acceptors (Lipinski definition) is 6. The molecule has 190 valence electrons. The Bertz CT molecular complexity index is 1660. The lowest BCUT2D eigenvalue weighted by molar-refractivity contribution is 0.450. The minimum Gasteiger partial charge on any atom is -0.507 e. The van der Waals surface area contributed by atoms with Crippen molar-refractivity contribution in [1.82, 2.24) is 0 Å². The lowest BCUT2D eigenvalue weighted by Crippen LogP contribution is -2.05. The van der Waals surface area contributed by atoms with Crippen molar-refractivity contribution in [3.8, 4) is 23.0 Å². The Morgan fingerprint density at radius 3 is 1.22 bits per heavy atom. The first-order valence-electron chi connectivity index (χ1n) is 11.7. The van der Waals surface area contributed by atoms with E-state index in [4.69, 9.17) is 0 Å². The first-order valence-corrected chi connectivity index (χ1v) is 13.2. The second-order valence-electron chi connectivity index (χ2n) is 9.55. The van der Waals surface area contributed by atoms with E-state index >= 15 is 0 Å². The minimum absolute atomic E-state index is 0.0131. The van der Waals surface area contributed by atoms with Crippen LogP contribution in [0, 0.1) is 6.92 Å². The van der Waals surface area contributed by atoms with Gasteiger partial charge in [-0.1, -0.05) is 54.1 Å². The zero-order valence-corrected chi connectivity index (χ0v) is 20.9. The van der Waals surface area contributed by atoms with Crippen LogP contribution in [-0.2, 0) is 35.8 Å². The second-order valence-corrected chi connectivity index (χ2v) is 11.0. The molecule has 0 unspecified atom stereocenters. The number of rotatable bonds is 1. The molecule has 0 saturated heterocycles. The molecule has 0 amide bonds. The molecule has 7 nitrogen and oxygen atoms in total. The van der Waals surface area contributed by atoms with E-state index in [9.17, 15) is 33.4 Å². The molecule has 37 heavy (non-hydrogen) atoms. The van der Waals surface area contributed by atoms with Gasteiger partial charge in [0.1, 0.15) is 23.0 Å². The maximum Gasteiger partial charge on any atom is 0.294 e. The van der Waals surface area contributed by atoms with Gasteiger partial charge in [-0.3, -0.25) is 4.55 Å². The van der Waals surface area contributed by atoms with Crippen LogP contribution in [0.25, 0.3) is 0 Å². The van der Waals surface area contributed by atoms with Gasteiger partial charge in [0, 0.05) is 36.8 Å². The standard InChI is InChI=1S/C29H26O7S/c1-16-8-21-11-19-6-2-4-17(26(19)30)10-18-5-3-7-20(27(18)31)12-23-14-25(37(34,35)36)15-24(29(23)33)13-22(9-16)28(21)32/h2-9,14-15,30-33H,10-13H2,1H3,(H,34,35,36). The van der Waals surface area contributed by atoms with Crippen molar-refractivity contribution in [2.24, 2.45) is 0 Å². The summed E-state index contributed by atoms with van der Waals surface area (Å²) in [5.74, 6) is -0.156. The fraction of sp³-hybridized carbons (Fsp3) is 0.172. The first-order chi connectivity index (χ1) is 17.5. The molecule has 4 aromatic carbocycles. The zero-order chi connectivity index (χ0) is 26.5. The van der Waals surface area contributed by atoms with E-state index in [0.717, 1.165) is 5.56 Å². The Hall–Kier alpha value is -4.01. The van der Waals surface area contributed by atoms with Crippen LogP contribution in [0.4, 0.5) is 0 Å². The van der Waals surface area contributed by atoms with Gasteiger partial charge in [0.25, 0.3) is 10.1 Å². The third-order valence-electron chi connectivity index (χ3n) is 6.88. The van der Waals surface area contributed by atoms with Gasteiger partial charge in [-0.2, -0.15) is 8.42 Å². The van der Waals surface area contributed by atoms with E-state index in [1.54, 1.807) is 36.4 Å². The maximum atomic E-state index is 12.1. The predicted molar refractivity (Wildman–Crippen MR) is 138 cm³/mol. The van der Waals surface area contributed by atoms with Gasteiger partial charge in [0.05, 0.1) is 4.90 Å². The van der Waals surface area contributed by atoms with Crippen molar-refractivity contribution in [2.45, 2.75) is 37.5 Å². The Labute approximate surface area is 214 Å². The summed E-state index contributed by atoms with van der Waals surface area (Å²) in [6, 6.07) is 16.4. The minimum atomic E-state index is -4.60. The lowest BCUT2D eigenvalue weighted by atomic mass is 9.91. The van der Waals surface area contributed by atoms with Gasteiger partial charge < -0.3 is 20.4 Å². The number of phenolic OH excluding ortho intramolecular Hbond substituents is 4. The first kappa shape index (κ1) is 24.7. The molecule has 5 rings (SSSR count). The summed E-state index contributed by atoms with van der Waals surface area (Å²) in [5, 5.41) is 44.3. The molecule has 8 bridgehead atoms. The van der Waals surface area contributed by atoms with Gasteiger partial charge in [0.2, 0.25) is 0 Å². The second kappa shape index (κ2) is 9.14. The molecule has 0 saturated carbocycles. The van der Waals surface area contributed by atoms with Crippen LogP contribution in [0.5, 0.6) is 23.0 Å². The summed E-state index contributed by atoms with van der Waals surface area (Å²) in [5.41, 5.74) is 4.43. The Morgan fingerprint density at radius 2 is 0.838 bits per heavy atom. The van der Waals surface area contributed by atoms with Crippen LogP contribution in [0.15, 0.2) is 65.6 Å². The van der Waals surface area contributed by atoms with Crippen LogP contribution < -0.4 is 0 Å². The number of fused-ring (bicyclic) bond motifs is 8. The van der Waals surface area contributed by atoms with Crippen molar-refractivity contribution >= 4 is 10.1 Å². The van der Waals surface area contributed by atoms with Gasteiger partial charge in [-0.15, -0.1) is 0 Å². The third kappa shape index (κ3) is 4.73. The van der Waals surface area contributed by atoms with Crippen molar-refractivity contribution < 1.29 is 33.4 Å². The number of para-hydroxylation sites is 2. The summed E-state index contributed by atoms with van der Waals surface area (Å²) in [6.07, 6.45) is 0.431. The summed E-state index contributed by atoms with van der Waals surface area (Å²) >= 11 is 0. The van der Waals surface area contributed by atoms with Crippen LogP contribution >= 0.6 is 0 Å². The molecule has 0 heterocycles. The van der Waals surface area contributed by atoms with E-state index in [0.29, 0.717) is 33.4 Å². The molecule has 4 aromatic rings. The SMILES string of the molecule is Cc1cc2c(O)c(c1)Cc1cc(S(=O)(=O)O)cc(c1O)Cc1cccc(c1O)Cc1cccc(c1O)C2. The summed E-state index contributed by atoms with van der Waals surface area (Å²) < 4.78 is 33.9. The highest BCUT2D eigenvalue weighted by Gasteiger charge is 2.22.